The van der Waals surface area contributed by atoms with E-state index in [4.69, 9.17) is 0 Å². The van der Waals surface area contributed by atoms with Gasteiger partial charge in [-0.1, -0.05) is 18.2 Å². The maximum absolute atomic E-state index is 12.7. The van der Waals surface area contributed by atoms with Gasteiger partial charge in [0.05, 0.1) is 0 Å². The molecule has 0 unspecified atom stereocenters. The van der Waals surface area contributed by atoms with Gasteiger partial charge in [-0.2, -0.15) is 0 Å². The van der Waals surface area contributed by atoms with Gasteiger partial charge in [0.1, 0.15) is 5.56 Å². The number of amides is 3. The number of para-hydroxylation sites is 1. The summed E-state index contributed by atoms with van der Waals surface area (Å²) in [6.45, 7) is 5.13. The van der Waals surface area contributed by atoms with Crippen LogP contribution in [0.25, 0.3) is 0 Å². The molecule has 0 spiro atoms. The first-order valence-corrected chi connectivity index (χ1v) is 10.4. The van der Waals surface area contributed by atoms with E-state index in [2.05, 4.69) is 10.6 Å². The number of carbonyl (C=O) groups is 3. The third kappa shape index (κ3) is 5.20. The van der Waals surface area contributed by atoms with E-state index < -0.39 is 11.8 Å². The quantitative estimate of drug-likeness (QED) is 0.728. The summed E-state index contributed by atoms with van der Waals surface area (Å²) in [5.41, 5.74) is 2.30. The molecule has 1 aliphatic rings. The van der Waals surface area contributed by atoms with Crippen molar-refractivity contribution in [2.24, 2.45) is 13.0 Å². The van der Waals surface area contributed by atoms with E-state index in [0.29, 0.717) is 38.2 Å². The van der Waals surface area contributed by atoms with Crippen molar-refractivity contribution in [3.05, 3.63) is 63.6 Å². The van der Waals surface area contributed by atoms with Crippen molar-refractivity contribution in [2.45, 2.75) is 26.7 Å². The standard InChI is InChI=1S/C23H28N4O4/c1-15-6-4-7-16(2)19(15)25-21(29)20(28)24-14-17-9-12-27(13-10-17)23(31)18-8-5-11-26(3)22(18)30/h4-8,11,17H,9-10,12-14H2,1-3H3,(H,24,28)(H,25,29). The van der Waals surface area contributed by atoms with Crippen LogP contribution >= 0.6 is 0 Å². The molecule has 3 rings (SSSR count). The summed E-state index contributed by atoms with van der Waals surface area (Å²) in [4.78, 5) is 50.9. The zero-order valence-corrected chi connectivity index (χ0v) is 18.1. The Morgan fingerprint density at radius 1 is 1.00 bits per heavy atom. The maximum atomic E-state index is 12.7. The molecule has 0 saturated carbocycles. The second-order valence-corrected chi connectivity index (χ2v) is 8.00. The van der Waals surface area contributed by atoms with Crippen molar-refractivity contribution in [2.75, 3.05) is 25.0 Å². The molecule has 0 atom stereocenters. The van der Waals surface area contributed by atoms with Crippen LogP contribution in [0.15, 0.2) is 41.3 Å². The van der Waals surface area contributed by atoms with Crippen LogP contribution < -0.4 is 16.2 Å². The number of benzene rings is 1. The minimum Gasteiger partial charge on any atom is -0.348 e. The van der Waals surface area contributed by atoms with Crippen LogP contribution in [0.1, 0.15) is 34.3 Å². The second-order valence-electron chi connectivity index (χ2n) is 8.00. The van der Waals surface area contributed by atoms with Crippen LogP contribution in [-0.2, 0) is 16.6 Å². The first-order chi connectivity index (χ1) is 14.8. The molecule has 2 heterocycles. The average molecular weight is 425 g/mol. The summed E-state index contributed by atoms with van der Waals surface area (Å²) >= 11 is 0. The molecule has 8 nitrogen and oxygen atoms in total. The molecule has 31 heavy (non-hydrogen) atoms. The number of nitrogens with zero attached hydrogens (tertiary/aromatic N) is 2. The molecule has 1 aromatic carbocycles. The summed E-state index contributed by atoms with van der Waals surface area (Å²) in [5.74, 6) is -1.46. The first-order valence-electron chi connectivity index (χ1n) is 10.4. The van der Waals surface area contributed by atoms with Crippen LogP contribution in [-0.4, -0.2) is 46.8 Å². The molecule has 1 aromatic heterocycles. The number of pyridine rings is 1. The summed E-state index contributed by atoms with van der Waals surface area (Å²) in [5, 5.41) is 5.38. The van der Waals surface area contributed by atoms with Crippen LogP contribution in [0.4, 0.5) is 5.69 Å². The molecule has 0 radical (unpaired) electrons. The number of likely N-dealkylation sites (tertiary alicyclic amines) is 1. The number of piperidine rings is 1. The normalized spacial score (nSPS) is 14.2. The molecule has 0 aliphatic carbocycles. The van der Waals surface area contributed by atoms with Gasteiger partial charge in [0.15, 0.2) is 0 Å². The number of nitrogens with one attached hydrogen (secondary N) is 2. The Bertz CT molecular complexity index is 1030. The number of rotatable bonds is 4. The molecule has 0 bridgehead atoms. The number of anilines is 1. The van der Waals surface area contributed by atoms with Gasteiger partial charge in [0, 0.05) is 38.6 Å². The highest BCUT2D eigenvalue weighted by Gasteiger charge is 2.26. The molecular weight excluding hydrogens is 396 g/mol. The van der Waals surface area contributed by atoms with E-state index in [1.807, 2.05) is 32.0 Å². The zero-order valence-electron chi connectivity index (χ0n) is 18.1. The lowest BCUT2D eigenvalue weighted by Gasteiger charge is -2.32. The van der Waals surface area contributed by atoms with Gasteiger partial charge in [-0.3, -0.25) is 19.2 Å². The van der Waals surface area contributed by atoms with Crippen molar-refractivity contribution in [1.29, 1.82) is 0 Å². The molecule has 8 heteroatoms. The SMILES string of the molecule is Cc1cccc(C)c1NC(=O)C(=O)NCC1CCN(C(=O)c2cccn(C)c2=O)CC1. The predicted octanol–water partition coefficient (Wildman–Crippen LogP) is 1.61. The Morgan fingerprint density at radius 3 is 2.29 bits per heavy atom. The van der Waals surface area contributed by atoms with E-state index >= 15 is 0 Å². The largest absolute Gasteiger partial charge is 0.348 e. The second kappa shape index (κ2) is 9.59. The van der Waals surface area contributed by atoms with Crippen LogP contribution in [0.5, 0.6) is 0 Å². The summed E-state index contributed by atoms with van der Waals surface area (Å²) < 4.78 is 1.39. The van der Waals surface area contributed by atoms with Crippen LogP contribution in [0.3, 0.4) is 0 Å². The highest BCUT2D eigenvalue weighted by atomic mass is 16.2. The Morgan fingerprint density at radius 2 is 1.65 bits per heavy atom. The fourth-order valence-corrected chi connectivity index (χ4v) is 3.77. The average Bonchev–Trinajstić information content (AvgIpc) is 2.76. The minimum absolute atomic E-state index is 0.166. The number of carbonyl (C=O) groups excluding carboxylic acids is 3. The predicted molar refractivity (Wildman–Crippen MR) is 118 cm³/mol. The zero-order chi connectivity index (χ0) is 22.5. The smallest absolute Gasteiger partial charge is 0.313 e. The fraction of sp³-hybridized carbons (Fsp3) is 0.391. The van der Waals surface area contributed by atoms with E-state index in [1.165, 1.54) is 4.57 Å². The maximum Gasteiger partial charge on any atom is 0.313 e. The number of hydrogen-bond donors (Lipinski definition) is 2. The minimum atomic E-state index is -0.690. The van der Waals surface area contributed by atoms with E-state index in [-0.39, 0.29) is 22.9 Å². The fourth-order valence-electron chi connectivity index (χ4n) is 3.77. The van der Waals surface area contributed by atoms with Crippen LogP contribution in [0, 0.1) is 19.8 Å². The topological polar surface area (TPSA) is 101 Å². The van der Waals surface area contributed by atoms with Gasteiger partial charge in [-0.25, -0.2) is 0 Å². The van der Waals surface area contributed by atoms with Gasteiger partial charge >= 0.3 is 11.8 Å². The summed E-state index contributed by atoms with van der Waals surface area (Å²) in [7, 11) is 1.62. The van der Waals surface area contributed by atoms with E-state index in [9.17, 15) is 19.2 Å². The molecule has 2 N–H and O–H groups in total. The summed E-state index contributed by atoms with van der Waals surface area (Å²) in [6, 6.07) is 8.88. The van der Waals surface area contributed by atoms with Crippen molar-refractivity contribution in [1.82, 2.24) is 14.8 Å². The molecule has 1 aliphatic heterocycles. The lowest BCUT2D eigenvalue weighted by atomic mass is 9.96. The van der Waals surface area contributed by atoms with Crippen molar-refractivity contribution >= 4 is 23.4 Å². The third-order valence-electron chi connectivity index (χ3n) is 5.73. The van der Waals surface area contributed by atoms with Crippen molar-refractivity contribution in [3.63, 3.8) is 0 Å². The Balaban J connectivity index is 1.48. The molecular formula is C23H28N4O4. The van der Waals surface area contributed by atoms with Gasteiger partial charge < -0.3 is 20.1 Å². The van der Waals surface area contributed by atoms with Gasteiger partial charge in [0.25, 0.3) is 11.5 Å². The highest BCUT2D eigenvalue weighted by Crippen LogP contribution is 2.20. The van der Waals surface area contributed by atoms with Crippen molar-refractivity contribution in [3.8, 4) is 0 Å². The molecule has 1 fully saturated rings. The number of aryl methyl sites for hydroxylation is 3. The Hall–Kier alpha value is -3.42. The van der Waals surface area contributed by atoms with Gasteiger partial charge in [-0.15, -0.1) is 0 Å². The van der Waals surface area contributed by atoms with Gasteiger partial charge in [-0.05, 0) is 55.9 Å². The van der Waals surface area contributed by atoms with Gasteiger partial charge in [0.2, 0.25) is 0 Å². The van der Waals surface area contributed by atoms with E-state index in [1.54, 1.807) is 30.3 Å². The lowest BCUT2D eigenvalue weighted by molar-refractivity contribution is -0.136. The number of aromatic nitrogens is 1. The number of hydrogen-bond acceptors (Lipinski definition) is 4. The molecule has 164 valence electrons. The van der Waals surface area contributed by atoms with Crippen LogP contribution in [0.2, 0.25) is 0 Å². The van der Waals surface area contributed by atoms with E-state index in [0.717, 1.165) is 11.1 Å². The Kier molecular flexibility index (Phi) is 6.89. The monoisotopic (exact) mass is 424 g/mol. The molecule has 2 aromatic rings. The molecule has 1 saturated heterocycles. The lowest BCUT2D eigenvalue weighted by Crippen LogP contribution is -2.44. The molecule has 3 amide bonds. The summed E-state index contributed by atoms with van der Waals surface area (Å²) in [6.07, 6.45) is 3.00. The third-order valence-corrected chi connectivity index (χ3v) is 5.73. The Labute approximate surface area is 181 Å². The highest BCUT2D eigenvalue weighted by molar-refractivity contribution is 6.39. The first kappa shape index (κ1) is 22.3. The van der Waals surface area contributed by atoms with Crippen molar-refractivity contribution < 1.29 is 14.4 Å².